The van der Waals surface area contributed by atoms with E-state index in [9.17, 15) is 9.59 Å². The fourth-order valence-electron chi connectivity index (χ4n) is 2.80. The van der Waals surface area contributed by atoms with Crippen molar-refractivity contribution in [3.8, 4) is 17.3 Å². The molecule has 160 valence electrons. The number of benzene rings is 1. The van der Waals surface area contributed by atoms with Crippen LogP contribution in [-0.4, -0.2) is 57.1 Å². The standard InChI is InChI=1S/C20H20N6O4S/c1-2-21-20(28)14-10-26(12-22-14)17-5-6-19(25-24-17)31-11-18(27)23-13-3-4-15-16(9-13)30-8-7-29-15/h3-6,9-10,12H,2,7-8,11H2,1H3,(H,21,28)(H,23,27). The van der Waals surface area contributed by atoms with Crippen molar-refractivity contribution in [1.82, 2.24) is 25.1 Å². The van der Waals surface area contributed by atoms with Gasteiger partial charge in [-0.25, -0.2) is 4.98 Å². The van der Waals surface area contributed by atoms with Gasteiger partial charge in [0.2, 0.25) is 5.91 Å². The molecular weight excluding hydrogens is 420 g/mol. The molecule has 2 N–H and O–H groups in total. The number of thioether (sulfide) groups is 1. The summed E-state index contributed by atoms with van der Waals surface area (Å²) in [6.07, 6.45) is 3.09. The normalized spacial score (nSPS) is 12.3. The van der Waals surface area contributed by atoms with E-state index < -0.39 is 0 Å². The molecule has 1 aromatic carbocycles. The predicted octanol–water partition coefficient (Wildman–Crippen LogP) is 1.91. The summed E-state index contributed by atoms with van der Waals surface area (Å²) in [7, 11) is 0. The lowest BCUT2D eigenvalue weighted by molar-refractivity contribution is -0.113. The third kappa shape index (κ3) is 5.12. The molecule has 0 radical (unpaired) electrons. The van der Waals surface area contributed by atoms with E-state index in [0.717, 1.165) is 0 Å². The Kier molecular flexibility index (Phi) is 6.32. The van der Waals surface area contributed by atoms with E-state index in [0.29, 0.717) is 53.5 Å². The first kappa shape index (κ1) is 20.7. The molecule has 3 aromatic rings. The second kappa shape index (κ2) is 9.47. The van der Waals surface area contributed by atoms with E-state index >= 15 is 0 Å². The van der Waals surface area contributed by atoms with Gasteiger partial charge >= 0.3 is 0 Å². The third-order valence-electron chi connectivity index (χ3n) is 4.22. The molecule has 31 heavy (non-hydrogen) atoms. The van der Waals surface area contributed by atoms with Crippen molar-refractivity contribution in [2.24, 2.45) is 0 Å². The number of carbonyl (C=O) groups excluding carboxylic acids is 2. The van der Waals surface area contributed by atoms with Gasteiger partial charge in [-0.1, -0.05) is 11.8 Å². The van der Waals surface area contributed by atoms with E-state index in [2.05, 4.69) is 25.8 Å². The Morgan fingerprint density at radius 2 is 1.97 bits per heavy atom. The first-order valence-corrected chi connectivity index (χ1v) is 10.6. The van der Waals surface area contributed by atoms with Gasteiger partial charge in [0.15, 0.2) is 17.3 Å². The molecule has 10 nitrogen and oxygen atoms in total. The molecule has 1 aliphatic rings. The molecule has 0 saturated heterocycles. The first-order chi connectivity index (χ1) is 15.1. The Hall–Kier alpha value is -3.60. The Morgan fingerprint density at radius 1 is 1.13 bits per heavy atom. The fourth-order valence-corrected chi connectivity index (χ4v) is 3.42. The van der Waals surface area contributed by atoms with E-state index in [1.165, 1.54) is 18.1 Å². The fraction of sp³-hybridized carbons (Fsp3) is 0.250. The third-order valence-corrected chi connectivity index (χ3v) is 5.14. The summed E-state index contributed by atoms with van der Waals surface area (Å²) >= 11 is 1.27. The number of nitrogens with one attached hydrogen (secondary N) is 2. The van der Waals surface area contributed by atoms with Crippen LogP contribution in [0.3, 0.4) is 0 Å². The highest BCUT2D eigenvalue weighted by Gasteiger charge is 2.13. The number of fused-ring (bicyclic) bond motifs is 1. The lowest BCUT2D eigenvalue weighted by Crippen LogP contribution is -2.22. The minimum Gasteiger partial charge on any atom is -0.486 e. The number of ether oxygens (including phenoxy) is 2. The second-order valence-corrected chi connectivity index (χ2v) is 7.45. The molecule has 11 heteroatoms. The summed E-state index contributed by atoms with van der Waals surface area (Å²) in [6, 6.07) is 8.79. The lowest BCUT2D eigenvalue weighted by atomic mass is 10.2. The summed E-state index contributed by atoms with van der Waals surface area (Å²) < 4.78 is 12.6. The summed E-state index contributed by atoms with van der Waals surface area (Å²) in [4.78, 5) is 28.1. The van der Waals surface area contributed by atoms with Gasteiger partial charge in [-0.3, -0.25) is 14.2 Å². The van der Waals surface area contributed by atoms with Crippen molar-refractivity contribution in [3.63, 3.8) is 0 Å². The summed E-state index contributed by atoms with van der Waals surface area (Å²) in [5.41, 5.74) is 0.942. The van der Waals surface area contributed by atoms with Crippen molar-refractivity contribution >= 4 is 29.3 Å². The molecule has 3 heterocycles. The molecule has 0 atom stereocenters. The minimum absolute atomic E-state index is 0.172. The zero-order valence-electron chi connectivity index (χ0n) is 16.7. The smallest absolute Gasteiger partial charge is 0.271 e. The number of carbonyl (C=O) groups is 2. The molecule has 0 bridgehead atoms. The van der Waals surface area contributed by atoms with Gasteiger partial charge in [0, 0.05) is 24.5 Å². The molecule has 1 aliphatic heterocycles. The lowest BCUT2D eigenvalue weighted by Gasteiger charge is -2.18. The number of amides is 2. The number of aromatic nitrogens is 4. The summed E-state index contributed by atoms with van der Waals surface area (Å²) in [5.74, 6) is 1.57. The highest BCUT2D eigenvalue weighted by molar-refractivity contribution is 7.99. The van der Waals surface area contributed by atoms with Gasteiger partial charge in [0.05, 0.1) is 5.75 Å². The van der Waals surface area contributed by atoms with Gasteiger partial charge in [-0.15, -0.1) is 10.2 Å². The van der Waals surface area contributed by atoms with Crippen LogP contribution in [0.25, 0.3) is 5.82 Å². The number of nitrogens with zero attached hydrogens (tertiary/aromatic N) is 4. The zero-order valence-corrected chi connectivity index (χ0v) is 17.5. The van der Waals surface area contributed by atoms with Gasteiger partial charge < -0.3 is 20.1 Å². The van der Waals surface area contributed by atoms with Crippen LogP contribution in [-0.2, 0) is 4.79 Å². The quantitative estimate of drug-likeness (QED) is 0.535. The highest BCUT2D eigenvalue weighted by atomic mass is 32.2. The average Bonchev–Trinajstić information content (AvgIpc) is 3.29. The van der Waals surface area contributed by atoms with Crippen LogP contribution in [0.5, 0.6) is 11.5 Å². The van der Waals surface area contributed by atoms with Crippen molar-refractivity contribution < 1.29 is 19.1 Å². The Morgan fingerprint density at radius 3 is 2.74 bits per heavy atom. The Balaban J connectivity index is 1.31. The topological polar surface area (TPSA) is 120 Å². The average molecular weight is 440 g/mol. The molecule has 2 amide bonds. The monoisotopic (exact) mass is 440 g/mol. The van der Waals surface area contributed by atoms with Gasteiger partial charge in [0.1, 0.15) is 30.3 Å². The predicted molar refractivity (Wildman–Crippen MR) is 114 cm³/mol. The molecule has 4 rings (SSSR count). The van der Waals surface area contributed by atoms with Crippen LogP contribution < -0.4 is 20.1 Å². The van der Waals surface area contributed by atoms with E-state index in [1.807, 2.05) is 6.92 Å². The minimum atomic E-state index is -0.245. The van der Waals surface area contributed by atoms with Crippen LogP contribution in [0.4, 0.5) is 5.69 Å². The molecular formula is C20H20N6O4S. The van der Waals surface area contributed by atoms with Gasteiger partial charge in [-0.05, 0) is 31.2 Å². The number of rotatable bonds is 7. The van der Waals surface area contributed by atoms with Crippen LogP contribution >= 0.6 is 11.8 Å². The first-order valence-electron chi connectivity index (χ1n) is 9.61. The van der Waals surface area contributed by atoms with Crippen molar-refractivity contribution in [1.29, 1.82) is 0 Å². The molecule has 0 fully saturated rings. The molecule has 2 aromatic heterocycles. The number of hydrogen-bond acceptors (Lipinski definition) is 8. The maximum absolute atomic E-state index is 12.3. The van der Waals surface area contributed by atoms with Crippen LogP contribution in [0.15, 0.2) is 47.9 Å². The largest absolute Gasteiger partial charge is 0.486 e. The molecule has 0 aliphatic carbocycles. The van der Waals surface area contributed by atoms with Gasteiger partial charge in [-0.2, -0.15) is 0 Å². The maximum Gasteiger partial charge on any atom is 0.271 e. The number of hydrogen-bond donors (Lipinski definition) is 2. The second-order valence-electron chi connectivity index (χ2n) is 6.45. The number of anilines is 1. The van der Waals surface area contributed by atoms with E-state index in [4.69, 9.17) is 9.47 Å². The molecule has 0 spiro atoms. The Bertz CT molecular complexity index is 1090. The highest BCUT2D eigenvalue weighted by Crippen LogP contribution is 2.32. The van der Waals surface area contributed by atoms with Crippen LogP contribution in [0, 0.1) is 0 Å². The summed E-state index contributed by atoms with van der Waals surface area (Å²) in [5, 5.41) is 14.4. The zero-order chi connectivity index (χ0) is 21.6. The van der Waals surface area contributed by atoms with Crippen LogP contribution in [0.1, 0.15) is 17.4 Å². The summed E-state index contributed by atoms with van der Waals surface area (Å²) in [6.45, 7) is 3.37. The maximum atomic E-state index is 12.3. The van der Waals surface area contributed by atoms with Crippen molar-refractivity contribution in [3.05, 3.63) is 48.5 Å². The Labute approximate surface area is 182 Å². The molecule has 0 saturated carbocycles. The van der Waals surface area contributed by atoms with Crippen molar-refractivity contribution in [2.75, 3.05) is 30.8 Å². The molecule has 0 unspecified atom stereocenters. The van der Waals surface area contributed by atoms with Crippen LogP contribution in [0.2, 0.25) is 0 Å². The SMILES string of the molecule is CCNC(=O)c1cn(-c2ccc(SCC(=O)Nc3ccc4c(c3)OCCO4)nn2)cn1. The number of imidazole rings is 1. The van der Waals surface area contributed by atoms with E-state index in [1.54, 1.807) is 41.1 Å². The van der Waals surface area contributed by atoms with Crippen molar-refractivity contribution in [2.45, 2.75) is 11.9 Å². The van der Waals surface area contributed by atoms with Gasteiger partial charge in [0.25, 0.3) is 5.91 Å². The van der Waals surface area contributed by atoms with E-state index in [-0.39, 0.29) is 17.6 Å².